The zero-order chi connectivity index (χ0) is 12.8. The lowest BCUT2D eigenvalue weighted by Gasteiger charge is -2.31. The molecule has 0 aliphatic rings. The molecule has 0 heterocycles. The Bertz CT molecular complexity index is 167. The van der Waals surface area contributed by atoms with Gasteiger partial charge in [0.1, 0.15) is 0 Å². The maximum Gasteiger partial charge on any atom is 0.00694 e. The molecule has 0 amide bonds. The Morgan fingerprint density at radius 2 is 1.62 bits per heavy atom. The average Bonchev–Trinajstić information content (AvgIpc) is 2.12. The molecule has 0 saturated carbocycles. The van der Waals surface area contributed by atoms with E-state index >= 15 is 0 Å². The molecular formula is C15H33N. The molecule has 16 heavy (non-hydrogen) atoms. The van der Waals surface area contributed by atoms with Crippen LogP contribution in [0, 0.1) is 17.3 Å². The number of hydrogen-bond donors (Lipinski definition) is 1. The van der Waals surface area contributed by atoms with Crippen molar-refractivity contribution in [2.24, 2.45) is 17.3 Å². The molecule has 1 heteroatoms. The lowest BCUT2D eigenvalue weighted by atomic mass is 9.80. The van der Waals surface area contributed by atoms with Crippen LogP contribution in [0.25, 0.3) is 0 Å². The second kappa shape index (κ2) is 7.32. The zero-order valence-corrected chi connectivity index (χ0v) is 12.6. The normalized spacial score (nSPS) is 16.5. The molecule has 98 valence electrons. The van der Waals surface area contributed by atoms with E-state index < -0.39 is 0 Å². The molecule has 0 aromatic heterocycles. The van der Waals surface area contributed by atoms with E-state index in [1.807, 2.05) is 0 Å². The fourth-order valence-corrected chi connectivity index (χ4v) is 2.28. The van der Waals surface area contributed by atoms with Gasteiger partial charge in [0.05, 0.1) is 0 Å². The van der Waals surface area contributed by atoms with Crippen LogP contribution >= 0.6 is 0 Å². The van der Waals surface area contributed by atoms with Gasteiger partial charge in [-0.1, -0.05) is 41.5 Å². The molecule has 0 fully saturated rings. The molecule has 2 unspecified atom stereocenters. The van der Waals surface area contributed by atoms with Crippen LogP contribution in [0.15, 0.2) is 0 Å². The summed E-state index contributed by atoms with van der Waals surface area (Å²) in [5, 5.41) is 3.65. The van der Waals surface area contributed by atoms with Crippen molar-refractivity contribution in [2.75, 3.05) is 6.54 Å². The summed E-state index contributed by atoms with van der Waals surface area (Å²) in [6.07, 6.45) is 3.90. The molecule has 0 bridgehead atoms. The van der Waals surface area contributed by atoms with Gasteiger partial charge in [0, 0.05) is 6.04 Å². The zero-order valence-electron chi connectivity index (χ0n) is 12.6. The first-order valence-electron chi connectivity index (χ1n) is 7.01. The van der Waals surface area contributed by atoms with Gasteiger partial charge in [-0.15, -0.1) is 0 Å². The predicted octanol–water partition coefficient (Wildman–Crippen LogP) is 4.47. The Hall–Kier alpha value is -0.0400. The van der Waals surface area contributed by atoms with Gasteiger partial charge in [-0.25, -0.2) is 0 Å². The average molecular weight is 227 g/mol. The Morgan fingerprint density at radius 1 is 1.06 bits per heavy atom. The first kappa shape index (κ1) is 16.0. The molecule has 0 saturated heterocycles. The molecule has 0 aliphatic carbocycles. The van der Waals surface area contributed by atoms with Crippen molar-refractivity contribution >= 4 is 0 Å². The van der Waals surface area contributed by atoms with E-state index in [-0.39, 0.29) is 0 Å². The topological polar surface area (TPSA) is 12.0 Å². The minimum atomic E-state index is 0.470. The highest BCUT2D eigenvalue weighted by molar-refractivity contribution is 4.77. The van der Waals surface area contributed by atoms with E-state index in [9.17, 15) is 0 Å². The predicted molar refractivity (Wildman–Crippen MR) is 74.8 cm³/mol. The monoisotopic (exact) mass is 227 g/mol. The third-order valence-corrected chi connectivity index (χ3v) is 3.44. The number of rotatable bonds is 7. The van der Waals surface area contributed by atoms with E-state index in [1.165, 1.54) is 19.3 Å². The Kier molecular flexibility index (Phi) is 7.30. The van der Waals surface area contributed by atoms with Gasteiger partial charge in [-0.3, -0.25) is 0 Å². The van der Waals surface area contributed by atoms with E-state index in [0.29, 0.717) is 11.5 Å². The van der Waals surface area contributed by atoms with Crippen molar-refractivity contribution in [3.05, 3.63) is 0 Å². The summed E-state index contributed by atoms with van der Waals surface area (Å²) in [5.41, 5.74) is 0.470. The highest BCUT2D eigenvalue weighted by atomic mass is 14.9. The fourth-order valence-electron chi connectivity index (χ4n) is 2.28. The van der Waals surface area contributed by atoms with Crippen LogP contribution in [0.2, 0.25) is 0 Å². The third-order valence-electron chi connectivity index (χ3n) is 3.44. The minimum absolute atomic E-state index is 0.470. The van der Waals surface area contributed by atoms with Crippen LogP contribution in [-0.4, -0.2) is 12.6 Å². The van der Waals surface area contributed by atoms with Crippen molar-refractivity contribution in [1.82, 2.24) is 5.32 Å². The van der Waals surface area contributed by atoms with E-state index in [2.05, 4.69) is 53.8 Å². The summed E-state index contributed by atoms with van der Waals surface area (Å²) in [7, 11) is 0. The smallest absolute Gasteiger partial charge is 0.00694 e. The Morgan fingerprint density at radius 3 is 2.00 bits per heavy atom. The molecule has 1 N–H and O–H groups in total. The summed E-state index contributed by atoms with van der Waals surface area (Å²) >= 11 is 0. The molecule has 0 spiro atoms. The first-order chi connectivity index (χ1) is 7.28. The molecule has 0 aromatic carbocycles. The van der Waals surface area contributed by atoms with Crippen LogP contribution in [-0.2, 0) is 0 Å². The van der Waals surface area contributed by atoms with Crippen molar-refractivity contribution in [1.29, 1.82) is 0 Å². The molecule has 0 aliphatic heterocycles. The largest absolute Gasteiger partial charge is 0.314 e. The second-order valence-electron chi connectivity index (χ2n) is 6.75. The van der Waals surface area contributed by atoms with Crippen LogP contribution in [0.3, 0.4) is 0 Å². The summed E-state index contributed by atoms with van der Waals surface area (Å²) in [5.74, 6) is 1.59. The van der Waals surface area contributed by atoms with Crippen LogP contribution in [0.1, 0.15) is 67.7 Å². The Labute approximate surface area is 103 Å². The summed E-state index contributed by atoms with van der Waals surface area (Å²) in [6, 6.07) is 0.655. The standard InChI is InChI=1S/C15H33N/c1-8-11-16-13(4)14(12(2)3)9-10-15(5,6)7/h12-14,16H,8-11H2,1-7H3. The van der Waals surface area contributed by atoms with Crippen molar-refractivity contribution < 1.29 is 0 Å². The third kappa shape index (κ3) is 7.27. The Balaban J connectivity index is 4.16. The van der Waals surface area contributed by atoms with E-state index in [0.717, 1.165) is 18.4 Å². The van der Waals surface area contributed by atoms with Crippen molar-refractivity contribution in [2.45, 2.75) is 73.8 Å². The van der Waals surface area contributed by atoms with E-state index in [1.54, 1.807) is 0 Å². The quantitative estimate of drug-likeness (QED) is 0.676. The van der Waals surface area contributed by atoms with Gasteiger partial charge in [-0.05, 0) is 50.0 Å². The maximum atomic E-state index is 3.65. The van der Waals surface area contributed by atoms with Crippen LogP contribution < -0.4 is 5.32 Å². The molecule has 0 rings (SSSR count). The number of hydrogen-bond acceptors (Lipinski definition) is 1. The molecule has 2 atom stereocenters. The second-order valence-corrected chi connectivity index (χ2v) is 6.75. The molecule has 0 radical (unpaired) electrons. The lowest BCUT2D eigenvalue weighted by molar-refractivity contribution is 0.231. The maximum absolute atomic E-state index is 3.65. The minimum Gasteiger partial charge on any atom is -0.314 e. The highest BCUT2D eigenvalue weighted by Gasteiger charge is 2.22. The highest BCUT2D eigenvalue weighted by Crippen LogP contribution is 2.28. The van der Waals surface area contributed by atoms with Crippen molar-refractivity contribution in [3.8, 4) is 0 Å². The molecule has 1 nitrogen and oxygen atoms in total. The van der Waals surface area contributed by atoms with Gasteiger partial charge in [0.2, 0.25) is 0 Å². The summed E-state index contributed by atoms with van der Waals surface area (Å²) in [6.45, 7) is 17.5. The molecular weight excluding hydrogens is 194 g/mol. The SMILES string of the molecule is CCCNC(C)C(CCC(C)(C)C)C(C)C. The van der Waals surface area contributed by atoms with Crippen LogP contribution in [0.4, 0.5) is 0 Å². The van der Waals surface area contributed by atoms with Gasteiger partial charge in [0.25, 0.3) is 0 Å². The lowest BCUT2D eigenvalue weighted by Crippen LogP contribution is -2.37. The van der Waals surface area contributed by atoms with Gasteiger partial charge < -0.3 is 5.32 Å². The van der Waals surface area contributed by atoms with Crippen LogP contribution in [0.5, 0.6) is 0 Å². The fraction of sp³-hybridized carbons (Fsp3) is 1.00. The first-order valence-corrected chi connectivity index (χ1v) is 7.01. The molecule has 0 aromatic rings. The van der Waals surface area contributed by atoms with Gasteiger partial charge >= 0.3 is 0 Å². The van der Waals surface area contributed by atoms with Gasteiger partial charge in [0.15, 0.2) is 0 Å². The summed E-state index contributed by atoms with van der Waals surface area (Å²) < 4.78 is 0. The summed E-state index contributed by atoms with van der Waals surface area (Å²) in [4.78, 5) is 0. The van der Waals surface area contributed by atoms with Gasteiger partial charge in [-0.2, -0.15) is 0 Å². The van der Waals surface area contributed by atoms with E-state index in [4.69, 9.17) is 0 Å². The number of nitrogens with one attached hydrogen (secondary N) is 1. The van der Waals surface area contributed by atoms with Crippen molar-refractivity contribution in [3.63, 3.8) is 0 Å².